The fourth-order valence-electron chi connectivity index (χ4n) is 4.77. The van der Waals surface area contributed by atoms with Crippen LogP contribution >= 0.6 is 0 Å². The molecule has 39 heavy (non-hydrogen) atoms. The molecule has 3 aromatic rings. The largest absolute Gasteiger partial charge is 0.445 e. The summed E-state index contributed by atoms with van der Waals surface area (Å²) in [4.78, 5) is 37.3. The van der Waals surface area contributed by atoms with Gasteiger partial charge in [-0.3, -0.25) is 9.78 Å². The van der Waals surface area contributed by atoms with Gasteiger partial charge in [-0.05, 0) is 44.9 Å². The summed E-state index contributed by atoms with van der Waals surface area (Å²) >= 11 is 0. The number of anilines is 1. The molecule has 1 amide bonds. The Morgan fingerprint density at radius 3 is 2.56 bits per heavy atom. The number of ether oxygens (including phenoxy) is 1. The quantitative estimate of drug-likeness (QED) is 0.360. The zero-order valence-electron chi connectivity index (χ0n) is 23.7. The highest BCUT2D eigenvalue weighted by Gasteiger charge is 2.36. The molecule has 0 radical (unpaired) electrons. The molecule has 7 nitrogen and oxygen atoms in total. The van der Waals surface area contributed by atoms with Crippen molar-refractivity contribution in [3.63, 3.8) is 0 Å². The Labute approximate surface area is 231 Å². The van der Waals surface area contributed by atoms with Crippen LogP contribution in [0.3, 0.4) is 0 Å². The molecule has 1 aromatic heterocycles. The van der Waals surface area contributed by atoms with Crippen molar-refractivity contribution >= 4 is 23.1 Å². The first-order valence-electron chi connectivity index (χ1n) is 13.4. The lowest BCUT2D eigenvalue weighted by molar-refractivity contribution is -0.120. The number of alkyl carbamates (subject to hydrolysis) is 1. The van der Waals surface area contributed by atoms with Crippen LogP contribution in [0.5, 0.6) is 0 Å². The predicted molar refractivity (Wildman–Crippen MR) is 155 cm³/mol. The Morgan fingerprint density at radius 2 is 1.87 bits per heavy atom. The van der Waals surface area contributed by atoms with Crippen LogP contribution in [0.4, 0.5) is 10.5 Å². The van der Waals surface area contributed by atoms with E-state index in [2.05, 4.69) is 27.3 Å². The van der Waals surface area contributed by atoms with Crippen molar-refractivity contribution in [2.75, 3.05) is 18.0 Å². The van der Waals surface area contributed by atoms with Gasteiger partial charge in [0.15, 0.2) is 5.78 Å². The maximum Gasteiger partial charge on any atom is 0.407 e. The molecule has 1 aliphatic rings. The molecule has 0 spiro atoms. The number of allylic oxidation sites excluding steroid dienone is 2. The van der Waals surface area contributed by atoms with E-state index in [1.807, 2.05) is 90.1 Å². The van der Waals surface area contributed by atoms with Crippen molar-refractivity contribution < 1.29 is 14.3 Å². The summed E-state index contributed by atoms with van der Waals surface area (Å²) in [6.45, 7) is 13.2. The molecule has 4 rings (SSSR count). The fraction of sp³-hybridized carbons (Fsp3) is 0.375. The van der Waals surface area contributed by atoms with Crippen LogP contribution in [-0.2, 0) is 16.1 Å². The van der Waals surface area contributed by atoms with E-state index < -0.39 is 17.0 Å². The van der Waals surface area contributed by atoms with Crippen LogP contribution in [0.1, 0.15) is 58.0 Å². The van der Waals surface area contributed by atoms with Crippen molar-refractivity contribution in [3.05, 3.63) is 83.8 Å². The molecule has 2 heterocycles. The van der Waals surface area contributed by atoms with Gasteiger partial charge in [-0.1, -0.05) is 69.3 Å². The maximum atomic E-state index is 13.1. The summed E-state index contributed by atoms with van der Waals surface area (Å²) in [7, 11) is 0. The van der Waals surface area contributed by atoms with Gasteiger partial charge in [-0.15, -0.1) is 0 Å². The monoisotopic (exact) mass is 526 g/mol. The second kappa shape index (κ2) is 11.4. The smallest absolute Gasteiger partial charge is 0.407 e. The predicted octanol–water partition coefficient (Wildman–Crippen LogP) is 6.37. The first-order valence-corrected chi connectivity index (χ1v) is 13.4. The van der Waals surface area contributed by atoms with Gasteiger partial charge in [-0.2, -0.15) is 0 Å². The molecule has 7 heteroatoms. The van der Waals surface area contributed by atoms with E-state index in [0.29, 0.717) is 23.5 Å². The molecule has 1 unspecified atom stereocenters. The summed E-state index contributed by atoms with van der Waals surface area (Å²) < 4.78 is 5.45. The number of aromatic nitrogens is 2. The topological polar surface area (TPSA) is 84.4 Å². The standard InChI is InChI=1S/C32H38N4O3/c1-7-26(29(37)31(3,4)5)28-22(2)33-19-27(34-28)24-14-11-15-25(18-24)36-17-16-32(6,21-36)35-30(38)39-20-23-12-9-8-10-13-23/h7-15,18-19H,16-17,20-21H2,1-6H3,(H,35,38)/b26-7+. The van der Waals surface area contributed by atoms with Crippen molar-refractivity contribution in [1.29, 1.82) is 0 Å². The second-order valence-corrected chi connectivity index (χ2v) is 11.4. The van der Waals surface area contributed by atoms with E-state index in [1.165, 1.54) is 0 Å². The minimum absolute atomic E-state index is 0.0412. The van der Waals surface area contributed by atoms with Gasteiger partial charge in [-0.25, -0.2) is 9.78 Å². The van der Waals surface area contributed by atoms with Crippen LogP contribution in [0, 0.1) is 12.3 Å². The third-order valence-corrected chi connectivity index (χ3v) is 7.02. The van der Waals surface area contributed by atoms with E-state index in [-0.39, 0.29) is 12.4 Å². The molecule has 0 bridgehead atoms. The molecule has 2 aromatic carbocycles. The van der Waals surface area contributed by atoms with Crippen LogP contribution in [0.25, 0.3) is 16.8 Å². The average Bonchev–Trinajstić information content (AvgIpc) is 3.30. The van der Waals surface area contributed by atoms with Gasteiger partial charge in [0.25, 0.3) is 0 Å². The summed E-state index contributed by atoms with van der Waals surface area (Å²) in [5.41, 5.74) is 4.63. The van der Waals surface area contributed by atoms with E-state index in [4.69, 9.17) is 9.72 Å². The SMILES string of the molecule is C/C=C(/C(=O)C(C)(C)C)c1nc(-c2cccc(N3CCC(C)(NC(=O)OCc4ccccc4)C3)c2)cnc1C. The lowest BCUT2D eigenvalue weighted by atomic mass is 9.84. The van der Waals surface area contributed by atoms with Gasteiger partial charge in [0.1, 0.15) is 6.61 Å². The summed E-state index contributed by atoms with van der Waals surface area (Å²) in [6, 6.07) is 17.8. The highest BCUT2D eigenvalue weighted by molar-refractivity contribution is 6.22. The molecular formula is C32H38N4O3. The molecule has 1 atom stereocenters. The zero-order valence-corrected chi connectivity index (χ0v) is 23.7. The number of aryl methyl sites for hydroxylation is 1. The number of hydrogen-bond acceptors (Lipinski definition) is 6. The van der Waals surface area contributed by atoms with Crippen LogP contribution in [-0.4, -0.2) is 40.5 Å². The molecular weight excluding hydrogens is 488 g/mol. The van der Waals surface area contributed by atoms with Gasteiger partial charge >= 0.3 is 6.09 Å². The number of hydrogen-bond donors (Lipinski definition) is 1. The number of rotatable bonds is 7. The molecule has 1 N–H and O–H groups in total. The molecule has 0 aliphatic carbocycles. The Hall–Kier alpha value is -4.00. The third-order valence-electron chi connectivity index (χ3n) is 7.02. The Morgan fingerprint density at radius 1 is 1.13 bits per heavy atom. The first-order chi connectivity index (χ1) is 18.5. The van der Waals surface area contributed by atoms with Crippen molar-refractivity contribution in [2.45, 2.75) is 60.1 Å². The lowest BCUT2D eigenvalue weighted by Crippen LogP contribution is -2.48. The summed E-state index contributed by atoms with van der Waals surface area (Å²) in [5, 5.41) is 3.06. The highest BCUT2D eigenvalue weighted by Crippen LogP contribution is 2.32. The average molecular weight is 527 g/mol. The van der Waals surface area contributed by atoms with Crippen molar-refractivity contribution in [2.24, 2.45) is 5.41 Å². The van der Waals surface area contributed by atoms with Crippen molar-refractivity contribution in [3.8, 4) is 11.3 Å². The number of benzene rings is 2. The summed E-state index contributed by atoms with van der Waals surface area (Å²) in [5.74, 6) is 0.0412. The van der Waals surface area contributed by atoms with E-state index in [9.17, 15) is 9.59 Å². The van der Waals surface area contributed by atoms with Gasteiger partial charge in [0, 0.05) is 35.3 Å². The Bertz CT molecular complexity index is 1380. The number of ketones is 1. The fourth-order valence-corrected chi connectivity index (χ4v) is 4.77. The van der Waals surface area contributed by atoms with Crippen molar-refractivity contribution in [1.82, 2.24) is 15.3 Å². The minimum atomic E-state index is -0.518. The number of nitrogens with zero attached hydrogens (tertiary/aromatic N) is 3. The number of nitrogens with one attached hydrogen (secondary N) is 1. The number of carbonyl (C=O) groups excluding carboxylic acids is 2. The first kappa shape index (κ1) is 28.0. The Balaban J connectivity index is 1.48. The van der Waals surface area contributed by atoms with E-state index in [0.717, 1.165) is 35.5 Å². The Kier molecular flexibility index (Phi) is 8.19. The molecule has 1 fully saturated rings. The molecule has 0 saturated carbocycles. The number of amides is 1. The molecule has 204 valence electrons. The second-order valence-electron chi connectivity index (χ2n) is 11.4. The van der Waals surface area contributed by atoms with E-state index in [1.54, 1.807) is 6.20 Å². The van der Waals surface area contributed by atoms with Crippen LogP contribution in [0.2, 0.25) is 0 Å². The van der Waals surface area contributed by atoms with Gasteiger partial charge in [0.05, 0.1) is 28.8 Å². The van der Waals surface area contributed by atoms with E-state index >= 15 is 0 Å². The normalized spacial score (nSPS) is 17.7. The maximum absolute atomic E-state index is 13.1. The molecule has 1 saturated heterocycles. The van der Waals surface area contributed by atoms with Gasteiger partial charge in [0.2, 0.25) is 0 Å². The van der Waals surface area contributed by atoms with Crippen LogP contribution < -0.4 is 10.2 Å². The zero-order chi connectivity index (χ0) is 28.2. The number of carbonyl (C=O) groups is 2. The number of Topliss-reactive ketones (excluding diaryl/α,β-unsaturated/α-hetero) is 1. The highest BCUT2D eigenvalue weighted by atomic mass is 16.5. The minimum Gasteiger partial charge on any atom is -0.445 e. The summed E-state index contributed by atoms with van der Waals surface area (Å²) in [6.07, 6.45) is 3.97. The van der Waals surface area contributed by atoms with Gasteiger partial charge < -0.3 is 15.0 Å². The van der Waals surface area contributed by atoms with Crippen LogP contribution in [0.15, 0.2) is 66.9 Å². The lowest BCUT2D eigenvalue weighted by Gasteiger charge is -2.26. The molecule has 1 aliphatic heterocycles. The third kappa shape index (κ3) is 6.72.